The summed E-state index contributed by atoms with van der Waals surface area (Å²) in [5.41, 5.74) is 5.29. The number of anilines is 1. The zero-order valence-electron chi connectivity index (χ0n) is 13.0. The van der Waals surface area contributed by atoms with Crippen LogP contribution in [0.4, 0.5) is 5.69 Å². The van der Waals surface area contributed by atoms with Gasteiger partial charge in [-0.15, -0.1) is 11.3 Å². The highest BCUT2D eigenvalue weighted by Gasteiger charge is 2.07. The Kier molecular flexibility index (Phi) is 4.09. The molecule has 0 aliphatic heterocycles. The van der Waals surface area contributed by atoms with Gasteiger partial charge in [-0.2, -0.15) is 0 Å². The highest BCUT2D eigenvalue weighted by Crippen LogP contribution is 2.28. The van der Waals surface area contributed by atoms with Crippen LogP contribution in [-0.2, 0) is 0 Å². The number of benzene rings is 3. The van der Waals surface area contributed by atoms with Crippen LogP contribution >= 0.6 is 11.3 Å². The molecule has 0 aliphatic rings. The normalized spacial score (nSPS) is 11.6. The predicted octanol–water partition coefficient (Wildman–Crippen LogP) is 5.80. The second-order valence-electron chi connectivity index (χ2n) is 5.46. The number of rotatable bonds is 4. The van der Waals surface area contributed by atoms with Gasteiger partial charge in [0, 0.05) is 29.0 Å². The highest BCUT2D eigenvalue weighted by molar-refractivity contribution is 7.10. The van der Waals surface area contributed by atoms with Gasteiger partial charge in [0.05, 0.1) is 10.4 Å². The Morgan fingerprint density at radius 1 is 0.875 bits per heavy atom. The van der Waals surface area contributed by atoms with Gasteiger partial charge in [-0.05, 0) is 17.0 Å². The number of thiazole rings is 1. The Bertz CT molecular complexity index is 968. The van der Waals surface area contributed by atoms with E-state index in [0.717, 1.165) is 16.1 Å². The van der Waals surface area contributed by atoms with Gasteiger partial charge in [-0.1, -0.05) is 66.7 Å². The summed E-state index contributed by atoms with van der Waals surface area (Å²) in [4.78, 5) is 5.37. The fourth-order valence-corrected chi connectivity index (χ4v) is 3.43. The van der Waals surface area contributed by atoms with E-state index in [0.29, 0.717) is 0 Å². The zero-order valence-corrected chi connectivity index (χ0v) is 13.8. The maximum Gasteiger partial charge on any atom is 0.0797 e. The van der Waals surface area contributed by atoms with E-state index >= 15 is 0 Å². The van der Waals surface area contributed by atoms with Crippen LogP contribution in [0.2, 0.25) is 0 Å². The molecule has 0 fully saturated rings. The van der Waals surface area contributed by atoms with Crippen LogP contribution in [0.15, 0.2) is 90.7 Å². The topological polar surface area (TPSA) is 24.9 Å². The highest BCUT2D eigenvalue weighted by atomic mass is 32.1. The second-order valence-corrected chi connectivity index (χ2v) is 6.35. The van der Waals surface area contributed by atoms with Crippen molar-refractivity contribution in [2.45, 2.75) is 0 Å². The molecule has 0 unspecified atom stereocenters. The Morgan fingerprint density at radius 2 is 1.67 bits per heavy atom. The first-order valence-corrected chi connectivity index (χ1v) is 8.68. The molecule has 0 aliphatic carbocycles. The van der Waals surface area contributed by atoms with Crippen LogP contribution in [0.3, 0.4) is 0 Å². The van der Waals surface area contributed by atoms with Crippen LogP contribution in [0.5, 0.6) is 0 Å². The molecule has 0 radical (unpaired) electrons. The van der Waals surface area contributed by atoms with Gasteiger partial charge < -0.3 is 5.32 Å². The lowest BCUT2D eigenvalue weighted by molar-refractivity contribution is 1.41. The quantitative estimate of drug-likeness (QED) is 0.512. The molecule has 3 heteroatoms. The van der Waals surface area contributed by atoms with Crippen molar-refractivity contribution in [1.29, 1.82) is 0 Å². The van der Waals surface area contributed by atoms with E-state index in [4.69, 9.17) is 0 Å². The summed E-state index contributed by atoms with van der Waals surface area (Å²) < 4.78 is 0. The summed E-state index contributed by atoms with van der Waals surface area (Å²) in [5, 5.41) is 5.94. The summed E-state index contributed by atoms with van der Waals surface area (Å²) in [6.45, 7) is 0. The molecule has 4 rings (SSSR count). The van der Waals surface area contributed by atoms with E-state index in [1.165, 1.54) is 16.3 Å². The van der Waals surface area contributed by atoms with Crippen molar-refractivity contribution >= 4 is 33.4 Å². The third kappa shape index (κ3) is 2.94. The van der Waals surface area contributed by atoms with Gasteiger partial charge in [0.25, 0.3) is 0 Å². The molecule has 24 heavy (non-hydrogen) atoms. The number of nitrogens with zero attached hydrogens (tertiary/aromatic N) is 1. The van der Waals surface area contributed by atoms with E-state index in [-0.39, 0.29) is 0 Å². The molecule has 0 bridgehead atoms. The SMILES string of the molecule is C(Nc1cccc2ccccc12)=C(c1ccccc1)c1cncs1. The van der Waals surface area contributed by atoms with Crippen LogP contribution in [0, 0.1) is 0 Å². The van der Waals surface area contributed by atoms with Crippen molar-refractivity contribution in [3.63, 3.8) is 0 Å². The Morgan fingerprint density at radius 3 is 2.50 bits per heavy atom. The average Bonchev–Trinajstić information content (AvgIpc) is 3.17. The largest absolute Gasteiger partial charge is 0.361 e. The zero-order chi connectivity index (χ0) is 16.2. The minimum Gasteiger partial charge on any atom is -0.361 e. The maximum atomic E-state index is 4.22. The fourth-order valence-electron chi connectivity index (χ4n) is 2.76. The molecule has 0 amide bonds. The minimum absolute atomic E-state index is 1.10. The third-order valence-electron chi connectivity index (χ3n) is 3.94. The molecule has 3 aromatic carbocycles. The number of hydrogen-bond donors (Lipinski definition) is 1. The van der Waals surface area contributed by atoms with E-state index in [2.05, 4.69) is 83.2 Å². The summed E-state index contributed by atoms with van der Waals surface area (Å²) >= 11 is 1.65. The van der Waals surface area contributed by atoms with E-state index in [1.807, 2.05) is 17.8 Å². The second kappa shape index (κ2) is 6.69. The lowest BCUT2D eigenvalue weighted by atomic mass is 10.1. The first-order chi connectivity index (χ1) is 11.9. The molecular formula is C21H16N2S. The van der Waals surface area contributed by atoms with Crippen molar-refractivity contribution < 1.29 is 0 Å². The lowest BCUT2D eigenvalue weighted by Gasteiger charge is -2.09. The summed E-state index contributed by atoms with van der Waals surface area (Å²) in [7, 11) is 0. The molecule has 1 aromatic heterocycles. The predicted molar refractivity (Wildman–Crippen MR) is 103 cm³/mol. The Hall–Kier alpha value is -2.91. The molecule has 0 saturated heterocycles. The molecular weight excluding hydrogens is 312 g/mol. The number of hydrogen-bond acceptors (Lipinski definition) is 3. The third-order valence-corrected chi connectivity index (χ3v) is 4.75. The van der Waals surface area contributed by atoms with E-state index < -0.39 is 0 Å². The van der Waals surface area contributed by atoms with Gasteiger partial charge in [0.1, 0.15) is 0 Å². The minimum atomic E-state index is 1.10. The monoisotopic (exact) mass is 328 g/mol. The number of nitrogens with one attached hydrogen (secondary N) is 1. The van der Waals surface area contributed by atoms with Gasteiger partial charge in [0.2, 0.25) is 0 Å². The number of fused-ring (bicyclic) bond motifs is 1. The first kappa shape index (κ1) is 14.7. The lowest BCUT2D eigenvalue weighted by Crippen LogP contribution is -1.93. The van der Waals surface area contributed by atoms with E-state index in [9.17, 15) is 0 Å². The van der Waals surface area contributed by atoms with Crippen LogP contribution < -0.4 is 5.32 Å². The molecule has 1 N–H and O–H groups in total. The van der Waals surface area contributed by atoms with Crippen molar-refractivity contribution in [3.8, 4) is 0 Å². The molecule has 4 aromatic rings. The maximum absolute atomic E-state index is 4.22. The summed E-state index contributed by atoms with van der Waals surface area (Å²) in [6, 6.07) is 25.1. The van der Waals surface area contributed by atoms with E-state index in [1.54, 1.807) is 11.3 Å². The molecule has 1 heterocycles. The Labute approximate surface area is 145 Å². The van der Waals surface area contributed by atoms with Crippen LogP contribution in [0.1, 0.15) is 10.4 Å². The van der Waals surface area contributed by atoms with Crippen LogP contribution in [0.25, 0.3) is 16.3 Å². The van der Waals surface area contributed by atoms with Crippen molar-refractivity contribution in [2.24, 2.45) is 0 Å². The molecule has 0 atom stereocenters. The van der Waals surface area contributed by atoms with Crippen molar-refractivity contribution in [3.05, 3.63) is 101 Å². The van der Waals surface area contributed by atoms with Crippen molar-refractivity contribution in [2.75, 3.05) is 5.32 Å². The number of aromatic nitrogens is 1. The molecule has 0 spiro atoms. The van der Waals surface area contributed by atoms with Gasteiger partial charge >= 0.3 is 0 Å². The smallest absolute Gasteiger partial charge is 0.0797 e. The van der Waals surface area contributed by atoms with Crippen LogP contribution in [-0.4, -0.2) is 4.98 Å². The molecule has 0 saturated carbocycles. The standard InChI is InChI=1S/C21H16N2S/c1-2-7-17(8-3-1)19(21-14-22-15-24-21)13-23-20-12-6-10-16-9-4-5-11-18(16)20/h1-15,23H. The average molecular weight is 328 g/mol. The van der Waals surface area contributed by atoms with Gasteiger partial charge in [-0.3, -0.25) is 4.98 Å². The van der Waals surface area contributed by atoms with Gasteiger partial charge in [0.15, 0.2) is 0 Å². The first-order valence-electron chi connectivity index (χ1n) is 7.80. The molecule has 116 valence electrons. The fraction of sp³-hybridized carbons (Fsp3) is 0. The summed E-state index contributed by atoms with van der Waals surface area (Å²) in [6.07, 6.45) is 3.99. The Balaban J connectivity index is 1.76. The van der Waals surface area contributed by atoms with Gasteiger partial charge in [-0.25, -0.2) is 0 Å². The molecule has 2 nitrogen and oxygen atoms in total. The van der Waals surface area contributed by atoms with Crippen molar-refractivity contribution in [1.82, 2.24) is 4.98 Å². The summed E-state index contributed by atoms with van der Waals surface area (Å²) in [5.74, 6) is 0.